The number of pyridine rings is 1. The van der Waals surface area contributed by atoms with Crippen LogP contribution in [0.3, 0.4) is 0 Å². The van der Waals surface area contributed by atoms with Gasteiger partial charge in [-0.2, -0.15) is 0 Å². The number of rotatable bonds is 3. The molecular weight excluding hydrogens is 386 g/mol. The Balaban J connectivity index is 1.29. The Morgan fingerprint density at radius 1 is 1.10 bits per heavy atom. The minimum Gasteiger partial charge on any atom is -0.333 e. The highest BCUT2D eigenvalue weighted by atomic mass is 16.2. The molecule has 1 aromatic carbocycles. The van der Waals surface area contributed by atoms with Gasteiger partial charge in [0.05, 0.1) is 18.3 Å². The van der Waals surface area contributed by atoms with Crippen LogP contribution in [0, 0.1) is 6.92 Å². The average molecular weight is 416 g/mol. The third-order valence-corrected chi connectivity index (χ3v) is 6.73. The summed E-state index contributed by atoms with van der Waals surface area (Å²) < 4.78 is 0. The molecule has 6 heteroatoms. The molecule has 3 aliphatic rings. The molecule has 2 atom stereocenters. The fourth-order valence-corrected chi connectivity index (χ4v) is 4.99. The molecule has 1 fully saturated rings. The molecule has 0 saturated carbocycles. The lowest BCUT2D eigenvalue weighted by atomic mass is 9.93. The summed E-state index contributed by atoms with van der Waals surface area (Å²) in [7, 11) is 2.13. The van der Waals surface area contributed by atoms with Crippen LogP contribution in [0.2, 0.25) is 0 Å². The van der Waals surface area contributed by atoms with E-state index in [9.17, 15) is 4.79 Å². The van der Waals surface area contributed by atoms with Gasteiger partial charge in [-0.3, -0.25) is 9.98 Å². The second kappa shape index (κ2) is 8.27. The SMILES string of the molecule is Cc1ccc([C@@H]2CN(C)CC2NC(=O)N2CCC3=C(C2)C(c2ccncc2)=NC3)cc1. The van der Waals surface area contributed by atoms with Gasteiger partial charge in [0.1, 0.15) is 0 Å². The van der Waals surface area contributed by atoms with Gasteiger partial charge in [-0.15, -0.1) is 0 Å². The Bertz CT molecular complexity index is 1030. The normalized spacial score (nSPS) is 23.7. The number of benzene rings is 1. The van der Waals surface area contributed by atoms with Crippen LogP contribution in [0.25, 0.3) is 0 Å². The summed E-state index contributed by atoms with van der Waals surface area (Å²) in [5.41, 5.74) is 7.25. The molecule has 1 unspecified atom stereocenters. The minimum absolute atomic E-state index is 0.0324. The molecule has 3 aliphatic heterocycles. The Kier molecular flexibility index (Phi) is 5.32. The maximum Gasteiger partial charge on any atom is 0.317 e. The van der Waals surface area contributed by atoms with Crippen molar-refractivity contribution in [2.45, 2.75) is 25.3 Å². The third-order valence-electron chi connectivity index (χ3n) is 6.73. The molecule has 1 aromatic heterocycles. The van der Waals surface area contributed by atoms with Crippen molar-refractivity contribution in [3.05, 3.63) is 76.6 Å². The van der Waals surface area contributed by atoms with Gasteiger partial charge in [0.25, 0.3) is 0 Å². The van der Waals surface area contributed by atoms with E-state index >= 15 is 0 Å². The van der Waals surface area contributed by atoms with Crippen LogP contribution in [-0.2, 0) is 0 Å². The van der Waals surface area contributed by atoms with Crippen molar-refractivity contribution >= 4 is 11.7 Å². The first-order chi connectivity index (χ1) is 15.1. The quantitative estimate of drug-likeness (QED) is 0.838. The number of nitrogens with zero attached hydrogens (tertiary/aromatic N) is 4. The maximum atomic E-state index is 13.2. The van der Waals surface area contributed by atoms with E-state index in [0.717, 1.165) is 43.9 Å². The summed E-state index contributed by atoms with van der Waals surface area (Å²) in [4.78, 5) is 26.4. The molecule has 2 aromatic rings. The van der Waals surface area contributed by atoms with Gasteiger partial charge in [-0.25, -0.2) is 4.79 Å². The number of hydrogen-bond donors (Lipinski definition) is 1. The number of nitrogens with one attached hydrogen (secondary N) is 1. The topological polar surface area (TPSA) is 60.8 Å². The van der Waals surface area contributed by atoms with Crippen molar-refractivity contribution < 1.29 is 4.79 Å². The lowest BCUT2D eigenvalue weighted by Gasteiger charge is -2.31. The molecule has 160 valence electrons. The standard InChI is InChI=1S/C25H29N5O/c1-17-3-5-18(6-4-17)21-14-29(2)16-23(21)28-25(31)30-12-9-20-13-27-24(22(20)15-30)19-7-10-26-11-8-19/h3-8,10-11,21,23H,9,12-16H2,1-2H3,(H,28,31)/t21-,23?/m0/s1. The van der Waals surface area contributed by atoms with E-state index in [0.29, 0.717) is 12.5 Å². The summed E-state index contributed by atoms with van der Waals surface area (Å²) in [5.74, 6) is 0.314. The number of likely N-dealkylation sites (N-methyl/N-ethyl adjacent to an activating group) is 1. The van der Waals surface area contributed by atoms with Crippen molar-refractivity contribution in [3.63, 3.8) is 0 Å². The first-order valence-electron chi connectivity index (χ1n) is 11.0. The molecule has 0 spiro atoms. The number of carbonyl (C=O) groups is 1. The first-order valence-corrected chi connectivity index (χ1v) is 11.0. The molecule has 0 aliphatic carbocycles. The van der Waals surface area contributed by atoms with Gasteiger partial charge in [0, 0.05) is 50.1 Å². The van der Waals surface area contributed by atoms with Crippen molar-refractivity contribution in [1.82, 2.24) is 20.1 Å². The number of carbonyl (C=O) groups excluding carboxylic acids is 1. The smallest absolute Gasteiger partial charge is 0.317 e. The van der Waals surface area contributed by atoms with Gasteiger partial charge in [0.15, 0.2) is 0 Å². The van der Waals surface area contributed by atoms with Gasteiger partial charge in [0.2, 0.25) is 0 Å². The molecule has 5 rings (SSSR count). The maximum absolute atomic E-state index is 13.2. The summed E-state index contributed by atoms with van der Waals surface area (Å²) in [6.45, 7) is 6.07. The van der Waals surface area contributed by atoms with Crippen molar-refractivity contribution in [1.29, 1.82) is 0 Å². The van der Waals surface area contributed by atoms with E-state index in [1.165, 1.54) is 22.3 Å². The molecule has 2 amide bonds. The number of aryl methyl sites for hydroxylation is 1. The van der Waals surface area contributed by atoms with Gasteiger partial charge in [-0.05, 0) is 49.2 Å². The van der Waals surface area contributed by atoms with Crippen LogP contribution >= 0.6 is 0 Å². The van der Waals surface area contributed by atoms with Crippen LogP contribution in [0.5, 0.6) is 0 Å². The number of urea groups is 1. The van der Waals surface area contributed by atoms with Crippen LogP contribution < -0.4 is 5.32 Å². The van der Waals surface area contributed by atoms with Gasteiger partial charge >= 0.3 is 6.03 Å². The molecular formula is C25H29N5O. The van der Waals surface area contributed by atoms with Crippen LogP contribution in [0.15, 0.2) is 64.9 Å². The Labute approximate surface area is 183 Å². The molecule has 31 heavy (non-hydrogen) atoms. The summed E-state index contributed by atoms with van der Waals surface area (Å²) in [6, 6.07) is 12.9. The zero-order valence-electron chi connectivity index (χ0n) is 18.2. The Morgan fingerprint density at radius 3 is 2.65 bits per heavy atom. The second-order valence-electron chi connectivity index (χ2n) is 8.95. The average Bonchev–Trinajstić information content (AvgIpc) is 3.37. The van der Waals surface area contributed by atoms with Crippen LogP contribution in [-0.4, -0.2) is 72.3 Å². The molecule has 1 saturated heterocycles. The van der Waals surface area contributed by atoms with Crippen molar-refractivity contribution in [3.8, 4) is 0 Å². The number of amides is 2. The second-order valence-corrected chi connectivity index (χ2v) is 8.95. The molecule has 4 heterocycles. The highest BCUT2D eigenvalue weighted by Crippen LogP contribution is 2.29. The minimum atomic E-state index is 0.0324. The molecule has 1 N–H and O–H groups in total. The number of hydrogen-bond acceptors (Lipinski definition) is 4. The van der Waals surface area contributed by atoms with Crippen molar-refractivity contribution in [2.75, 3.05) is 39.8 Å². The van der Waals surface area contributed by atoms with E-state index in [1.54, 1.807) is 12.4 Å². The first kappa shape index (κ1) is 19.9. The summed E-state index contributed by atoms with van der Waals surface area (Å²) in [6.07, 6.45) is 4.49. The number of aliphatic imine (C=N–C) groups is 1. The predicted octanol–water partition coefficient (Wildman–Crippen LogP) is 3.00. The largest absolute Gasteiger partial charge is 0.333 e. The lowest BCUT2D eigenvalue weighted by Crippen LogP contribution is -2.49. The highest BCUT2D eigenvalue weighted by Gasteiger charge is 2.35. The number of likely N-dealkylation sites (tertiary alicyclic amines) is 1. The van der Waals surface area contributed by atoms with E-state index in [2.05, 4.69) is 53.4 Å². The van der Waals surface area contributed by atoms with E-state index < -0.39 is 0 Å². The summed E-state index contributed by atoms with van der Waals surface area (Å²) >= 11 is 0. The van der Waals surface area contributed by atoms with E-state index in [4.69, 9.17) is 4.99 Å². The highest BCUT2D eigenvalue weighted by molar-refractivity contribution is 6.15. The lowest BCUT2D eigenvalue weighted by molar-refractivity contribution is 0.196. The van der Waals surface area contributed by atoms with Crippen LogP contribution in [0.4, 0.5) is 4.79 Å². The van der Waals surface area contributed by atoms with Gasteiger partial charge < -0.3 is 15.1 Å². The zero-order chi connectivity index (χ0) is 21.4. The fourth-order valence-electron chi connectivity index (χ4n) is 4.99. The Hall–Kier alpha value is -2.99. The molecule has 0 bridgehead atoms. The molecule has 0 radical (unpaired) electrons. The van der Waals surface area contributed by atoms with E-state index in [1.807, 2.05) is 17.0 Å². The van der Waals surface area contributed by atoms with Crippen LogP contribution in [0.1, 0.15) is 29.0 Å². The van der Waals surface area contributed by atoms with E-state index in [-0.39, 0.29) is 12.1 Å². The Morgan fingerprint density at radius 2 is 1.87 bits per heavy atom. The fraction of sp³-hybridized carbons (Fsp3) is 0.400. The molecule has 6 nitrogen and oxygen atoms in total. The zero-order valence-corrected chi connectivity index (χ0v) is 18.2. The van der Waals surface area contributed by atoms with Crippen molar-refractivity contribution in [2.24, 2.45) is 4.99 Å². The monoisotopic (exact) mass is 415 g/mol. The third kappa shape index (κ3) is 4.00. The predicted molar refractivity (Wildman–Crippen MR) is 123 cm³/mol. The summed E-state index contributed by atoms with van der Waals surface area (Å²) in [5, 5.41) is 3.35. The number of aromatic nitrogens is 1. The van der Waals surface area contributed by atoms with Gasteiger partial charge in [-0.1, -0.05) is 29.8 Å².